The fourth-order valence-electron chi connectivity index (χ4n) is 2.74. The van der Waals surface area contributed by atoms with Crippen molar-refractivity contribution in [2.45, 2.75) is 19.8 Å². The standard InChI is InChI=1S/C18H21N3O/c1-13-7-8-15(12-17(13)19)20-18(22)14-5-4-6-16(11-14)21-9-2-3-10-21/h4-8,11-12H,2-3,9-10,19H2,1H3,(H,20,22). The second-order valence-electron chi connectivity index (χ2n) is 5.77. The highest BCUT2D eigenvalue weighted by molar-refractivity contribution is 6.05. The zero-order chi connectivity index (χ0) is 15.5. The number of carbonyl (C=O) groups excluding carboxylic acids is 1. The molecule has 0 spiro atoms. The highest BCUT2D eigenvalue weighted by Gasteiger charge is 2.14. The summed E-state index contributed by atoms with van der Waals surface area (Å²) in [7, 11) is 0. The van der Waals surface area contributed by atoms with E-state index < -0.39 is 0 Å². The Hall–Kier alpha value is -2.49. The number of anilines is 3. The molecule has 1 saturated heterocycles. The Balaban J connectivity index is 1.76. The summed E-state index contributed by atoms with van der Waals surface area (Å²) in [4.78, 5) is 14.7. The molecule has 2 aromatic carbocycles. The van der Waals surface area contributed by atoms with Gasteiger partial charge in [-0.25, -0.2) is 0 Å². The van der Waals surface area contributed by atoms with Gasteiger partial charge in [0.1, 0.15) is 0 Å². The van der Waals surface area contributed by atoms with Crippen molar-refractivity contribution in [3.05, 3.63) is 53.6 Å². The van der Waals surface area contributed by atoms with E-state index in [0.717, 1.165) is 30.0 Å². The summed E-state index contributed by atoms with van der Waals surface area (Å²) in [5.41, 5.74) is 10.1. The smallest absolute Gasteiger partial charge is 0.255 e. The molecule has 0 atom stereocenters. The minimum atomic E-state index is -0.107. The fraction of sp³-hybridized carbons (Fsp3) is 0.278. The van der Waals surface area contributed by atoms with Gasteiger partial charge in [0.25, 0.3) is 5.91 Å². The van der Waals surface area contributed by atoms with Crippen LogP contribution in [0, 0.1) is 6.92 Å². The normalized spacial score (nSPS) is 14.1. The summed E-state index contributed by atoms with van der Waals surface area (Å²) in [6.45, 7) is 4.08. The van der Waals surface area contributed by atoms with Crippen LogP contribution >= 0.6 is 0 Å². The third-order valence-electron chi connectivity index (χ3n) is 4.12. The van der Waals surface area contributed by atoms with Crippen LogP contribution in [-0.4, -0.2) is 19.0 Å². The van der Waals surface area contributed by atoms with Crippen LogP contribution in [0.25, 0.3) is 0 Å². The van der Waals surface area contributed by atoms with Gasteiger partial charge in [0.15, 0.2) is 0 Å². The number of hydrogen-bond donors (Lipinski definition) is 2. The van der Waals surface area contributed by atoms with E-state index in [-0.39, 0.29) is 5.91 Å². The van der Waals surface area contributed by atoms with Crippen molar-refractivity contribution in [1.82, 2.24) is 0 Å². The van der Waals surface area contributed by atoms with Gasteiger partial charge in [0.2, 0.25) is 0 Å². The molecule has 0 unspecified atom stereocenters. The van der Waals surface area contributed by atoms with Gasteiger partial charge < -0.3 is 16.0 Å². The quantitative estimate of drug-likeness (QED) is 0.853. The molecule has 1 amide bonds. The molecule has 3 N–H and O–H groups in total. The Morgan fingerprint density at radius 2 is 1.91 bits per heavy atom. The highest BCUT2D eigenvalue weighted by Crippen LogP contribution is 2.22. The van der Waals surface area contributed by atoms with Crippen LogP contribution in [0.5, 0.6) is 0 Å². The van der Waals surface area contributed by atoms with Crippen molar-refractivity contribution in [3.63, 3.8) is 0 Å². The molecule has 4 nitrogen and oxygen atoms in total. The Morgan fingerprint density at radius 3 is 2.64 bits per heavy atom. The van der Waals surface area contributed by atoms with E-state index in [0.29, 0.717) is 11.3 Å². The average Bonchev–Trinajstić information content (AvgIpc) is 3.05. The first kappa shape index (κ1) is 14.4. The summed E-state index contributed by atoms with van der Waals surface area (Å²) < 4.78 is 0. The van der Waals surface area contributed by atoms with Gasteiger partial charge in [0.05, 0.1) is 0 Å². The van der Waals surface area contributed by atoms with E-state index >= 15 is 0 Å². The highest BCUT2D eigenvalue weighted by atomic mass is 16.1. The molecule has 22 heavy (non-hydrogen) atoms. The number of rotatable bonds is 3. The zero-order valence-corrected chi connectivity index (χ0v) is 12.8. The summed E-state index contributed by atoms with van der Waals surface area (Å²) in [6.07, 6.45) is 2.44. The second kappa shape index (κ2) is 6.10. The SMILES string of the molecule is Cc1ccc(NC(=O)c2cccc(N3CCCC3)c2)cc1N. The number of nitrogens with one attached hydrogen (secondary N) is 1. The molecule has 0 aliphatic carbocycles. The molecule has 1 heterocycles. The van der Waals surface area contributed by atoms with Gasteiger partial charge in [-0.3, -0.25) is 4.79 Å². The van der Waals surface area contributed by atoms with Crippen molar-refractivity contribution in [2.24, 2.45) is 0 Å². The molecule has 4 heteroatoms. The third-order valence-corrected chi connectivity index (χ3v) is 4.12. The predicted octanol–water partition coefficient (Wildman–Crippen LogP) is 3.43. The fourth-order valence-corrected chi connectivity index (χ4v) is 2.74. The lowest BCUT2D eigenvalue weighted by atomic mass is 10.1. The molecule has 1 aliphatic rings. The summed E-state index contributed by atoms with van der Waals surface area (Å²) in [5.74, 6) is -0.107. The van der Waals surface area contributed by atoms with E-state index in [1.807, 2.05) is 37.3 Å². The molecular weight excluding hydrogens is 274 g/mol. The lowest BCUT2D eigenvalue weighted by molar-refractivity contribution is 0.102. The van der Waals surface area contributed by atoms with Gasteiger partial charge in [-0.1, -0.05) is 12.1 Å². The first-order chi connectivity index (χ1) is 10.6. The van der Waals surface area contributed by atoms with Gasteiger partial charge in [-0.05, 0) is 55.7 Å². The monoisotopic (exact) mass is 295 g/mol. The Bertz CT molecular complexity index is 690. The van der Waals surface area contributed by atoms with Crippen molar-refractivity contribution >= 4 is 23.0 Å². The van der Waals surface area contributed by atoms with Crippen LogP contribution in [0.2, 0.25) is 0 Å². The number of carbonyl (C=O) groups is 1. The Morgan fingerprint density at radius 1 is 1.14 bits per heavy atom. The van der Waals surface area contributed by atoms with E-state index in [1.54, 1.807) is 6.07 Å². The number of nitrogens with two attached hydrogens (primary N) is 1. The summed E-state index contributed by atoms with van der Waals surface area (Å²) >= 11 is 0. The Labute approximate surface area is 130 Å². The second-order valence-corrected chi connectivity index (χ2v) is 5.77. The number of aryl methyl sites for hydroxylation is 1. The molecule has 0 saturated carbocycles. The Kier molecular flexibility index (Phi) is 4.00. The van der Waals surface area contributed by atoms with Crippen molar-refractivity contribution in [2.75, 3.05) is 29.0 Å². The third kappa shape index (κ3) is 3.06. The molecule has 1 fully saturated rings. The van der Waals surface area contributed by atoms with Crippen LogP contribution in [0.15, 0.2) is 42.5 Å². The van der Waals surface area contributed by atoms with E-state index in [2.05, 4.69) is 16.3 Å². The van der Waals surface area contributed by atoms with Gasteiger partial charge in [0, 0.05) is 35.7 Å². The molecule has 0 aromatic heterocycles. The predicted molar refractivity (Wildman–Crippen MR) is 91.4 cm³/mol. The number of amides is 1. The first-order valence-electron chi connectivity index (χ1n) is 7.66. The maximum absolute atomic E-state index is 12.4. The minimum absolute atomic E-state index is 0.107. The van der Waals surface area contributed by atoms with Gasteiger partial charge in [-0.2, -0.15) is 0 Å². The van der Waals surface area contributed by atoms with Crippen molar-refractivity contribution in [1.29, 1.82) is 0 Å². The lowest BCUT2D eigenvalue weighted by Crippen LogP contribution is -2.19. The van der Waals surface area contributed by atoms with E-state index in [4.69, 9.17) is 5.73 Å². The van der Waals surface area contributed by atoms with Crippen LogP contribution in [0.3, 0.4) is 0 Å². The van der Waals surface area contributed by atoms with Gasteiger partial charge in [-0.15, -0.1) is 0 Å². The van der Waals surface area contributed by atoms with Crippen LogP contribution in [0.1, 0.15) is 28.8 Å². The van der Waals surface area contributed by atoms with Crippen molar-refractivity contribution < 1.29 is 4.79 Å². The number of nitrogens with zero attached hydrogens (tertiary/aromatic N) is 1. The molecule has 0 radical (unpaired) electrons. The summed E-state index contributed by atoms with van der Waals surface area (Å²) in [5, 5.41) is 2.91. The van der Waals surface area contributed by atoms with Crippen LogP contribution < -0.4 is 16.0 Å². The van der Waals surface area contributed by atoms with Gasteiger partial charge >= 0.3 is 0 Å². The molecule has 0 bridgehead atoms. The number of benzene rings is 2. The van der Waals surface area contributed by atoms with Crippen molar-refractivity contribution in [3.8, 4) is 0 Å². The van der Waals surface area contributed by atoms with E-state index in [9.17, 15) is 4.79 Å². The van der Waals surface area contributed by atoms with Crippen LogP contribution in [0.4, 0.5) is 17.1 Å². The van der Waals surface area contributed by atoms with Crippen LogP contribution in [-0.2, 0) is 0 Å². The molecule has 2 aromatic rings. The molecular formula is C18H21N3O. The number of hydrogen-bond acceptors (Lipinski definition) is 3. The van der Waals surface area contributed by atoms with E-state index in [1.165, 1.54) is 12.8 Å². The minimum Gasteiger partial charge on any atom is -0.398 e. The maximum Gasteiger partial charge on any atom is 0.255 e. The first-order valence-corrected chi connectivity index (χ1v) is 7.66. The maximum atomic E-state index is 12.4. The summed E-state index contributed by atoms with van der Waals surface area (Å²) in [6, 6.07) is 13.4. The number of nitrogen functional groups attached to an aromatic ring is 1. The molecule has 1 aliphatic heterocycles. The lowest BCUT2D eigenvalue weighted by Gasteiger charge is -2.18. The topological polar surface area (TPSA) is 58.4 Å². The zero-order valence-electron chi connectivity index (χ0n) is 12.8. The molecule has 114 valence electrons. The largest absolute Gasteiger partial charge is 0.398 e. The average molecular weight is 295 g/mol. The molecule has 3 rings (SSSR count).